The number of aromatic nitrogens is 3. The molecule has 1 aromatic rings. The van der Waals surface area contributed by atoms with Crippen molar-refractivity contribution in [3.05, 3.63) is 26.5 Å². The quantitative estimate of drug-likeness (QED) is 0.742. The summed E-state index contributed by atoms with van der Waals surface area (Å²) in [6.07, 6.45) is -4.66. The van der Waals surface area contributed by atoms with Crippen LogP contribution in [0.2, 0.25) is 0 Å². The summed E-state index contributed by atoms with van der Waals surface area (Å²) in [5.41, 5.74) is -2.29. The van der Waals surface area contributed by atoms with Crippen LogP contribution in [-0.2, 0) is 18.4 Å². The summed E-state index contributed by atoms with van der Waals surface area (Å²) >= 11 is 0. The number of carbonyl (C=O) groups excluding carboxylic acids is 1. The van der Waals surface area contributed by atoms with Crippen molar-refractivity contribution in [3.8, 4) is 0 Å². The molecule has 1 aromatic heterocycles. The Balaban J connectivity index is 2.49. The minimum Gasteiger partial charge on any atom is -0.296 e. The molecule has 126 valence electrons. The van der Waals surface area contributed by atoms with Crippen LogP contribution >= 0.6 is 0 Å². The van der Waals surface area contributed by atoms with Crippen LogP contribution < -0.4 is 11.2 Å². The maximum absolute atomic E-state index is 12.3. The molecule has 2 rings (SSSR count). The number of ketones is 1. The fourth-order valence-corrected chi connectivity index (χ4v) is 2.13. The monoisotopic (exact) mass is 333 g/mol. The summed E-state index contributed by atoms with van der Waals surface area (Å²) in [5, 5.41) is 8.96. The summed E-state index contributed by atoms with van der Waals surface area (Å²) in [6, 6.07) is 0. The minimum absolute atomic E-state index is 0.0618. The van der Waals surface area contributed by atoms with E-state index in [-0.39, 0.29) is 18.0 Å². The third-order valence-corrected chi connectivity index (χ3v) is 3.29. The summed E-state index contributed by atoms with van der Waals surface area (Å²) in [6.45, 7) is -0.893. The van der Waals surface area contributed by atoms with Crippen LogP contribution in [0.4, 0.5) is 13.2 Å². The highest BCUT2D eigenvalue weighted by Crippen LogP contribution is 2.19. The summed E-state index contributed by atoms with van der Waals surface area (Å²) in [5.74, 6) is -1.46. The zero-order chi connectivity index (χ0) is 17.4. The number of hydrazone groups is 1. The van der Waals surface area contributed by atoms with Crippen LogP contribution in [0.3, 0.4) is 0 Å². The van der Waals surface area contributed by atoms with E-state index in [4.69, 9.17) is 0 Å². The van der Waals surface area contributed by atoms with Gasteiger partial charge in [-0.05, 0) is 0 Å². The molecule has 8 nitrogen and oxygen atoms in total. The van der Waals surface area contributed by atoms with Gasteiger partial charge in [0.2, 0.25) is 0 Å². The number of hydrogen-bond acceptors (Lipinski definition) is 6. The highest BCUT2D eigenvalue weighted by molar-refractivity contribution is 6.02. The van der Waals surface area contributed by atoms with E-state index >= 15 is 0 Å². The maximum atomic E-state index is 12.3. The number of halogens is 3. The number of rotatable bonds is 3. The van der Waals surface area contributed by atoms with Gasteiger partial charge < -0.3 is 0 Å². The van der Waals surface area contributed by atoms with Gasteiger partial charge in [0.05, 0.1) is 13.0 Å². The van der Waals surface area contributed by atoms with E-state index in [9.17, 15) is 27.6 Å². The molecule has 0 fully saturated rings. The van der Waals surface area contributed by atoms with E-state index in [1.54, 1.807) is 7.05 Å². The predicted molar refractivity (Wildman–Crippen MR) is 73.3 cm³/mol. The summed E-state index contributed by atoms with van der Waals surface area (Å²) in [4.78, 5) is 36.1. The van der Waals surface area contributed by atoms with Gasteiger partial charge in [-0.2, -0.15) is 23.4 Å². The Kier molecular flexibility index (Phi) is 4.39. The molecule has 0 saturated heterocycles. The van der Waals surface area contributed by atoms with E-state index in [2.05, 4.69) is 10.2 Å². The Morgan fingerprint density at radius 3 is 2.48 bits per heavy atom. The summed E-state index contributed by atoms with van der Waals surface area (Å²) in [7, 11) is 2.76. The molecule has 0 N–H and O–H groups in total. The lowest BCUT2D eigenvalue weighted by Gasteiger charge is -2.21. The van der Waals surface area contributed by atoms with Crippen LogP contribution in [0.15, 0.2) is 14.7 Å². The molecule has 0 amide bonds. The van der Waals surface area contributed by atoms with Crippen molar-refractivity contribution in [2.24, 2.45) is 12.1 Å². The molecule has 1 atom stereocenters. The van der Waals surface area contributed by atoms with Gasteiger partial charge in [-0.3, -0.25) is 19.2 Å². The Bertz CT molecular complexity index is 765. The number of carbonyl (C=O) groups is 1. The molecule has 1 unspecified atom stereocenters. The van der Waals surface area contributed by atoms with E-state index in [1.807, 2.05) is 0 Å². The van der Waals surface area contributed by atoms with E-state index in [0.29, 0.717) is 4.57 Å². The highest BCUT2D eigenvalue weighted by Gasteiger charge is 2.31. The molecular formula is C12H14F3N5O3. The Labute approximate surface area is 127 Å². The first-order valence-electron chi connectivity index (χ1n) is 6.63. The SMILES string of the molecule is CN1CC(=O)C(c2nn(C)c(=O)n(CCC(F)(F)F)c2=O)C=N1. The number of Topliss-reactive ketones (excluding diaryl/α,β-unsaturated/α-hetero) is 1. The standard InChI is InChI=1S/C12H14F3N5O3/c1-18-6-8(21)7(5-16-18)9-10(22)20(4-3-12(13,14)15)11(23)19(2)17-9/h5,7H,3-4,6H2,1-2H3. The van der Waals surface area contributed by atoms with Gasteiger partial charge in [-0.25, -0.2) is 9.48 Å². The van der Waals surface area contributed by atoms with Crippen molar-refractivity contribution in [2.75, 3.05) is 13.6 Å². The summed E-state index contributed by atoms with van der Waals surface area (Å²) < 4.78 is 38.2. The molecule has 0 bridgehead atoms. The molecule has 1 aliphatic rings. The Morgan fingerprint density at radius 2 is 1.91 bits per heavy atom. The van der Waals surface area contributed by atoms with Crippen molar-refractivity contribution in [1.82, 2.24) is 19.4 Å². The van der Waals surface area contributed by atoms with Gasteiger partial charge in [0, 0.05) is 26.9 Å². The molecule has 11 heteroatoms. The number of nitrogens with zero attached hydrogens (tertiary/aromatic N) is 5. The van der Waals surface area contributed by atoms with E-state index < -0.39 is 36.3 Å². The lowest BCUT2D eigenvalue weighted by atomic mass is 10.0. The first-order valence-corrected chi connectivity index (χ1v) is 6.63. The fraction of sp³-hybridized carbons (Fsp3) is 0.583. The predicted octanol–water partition coefficient (Wildman–Crippen LogP) is -0.522. The van der Waals surface area contributed by atoms with Crippen LogP contribution in [0.5, 0.6) is 0 Å². The van der Waals surface area contributed by atoms with E-state index in [1.165, 1.54) is 18.3 Å². The Hall–Kier alpha value is -2.46. The second-order valence-electron chi connectivity index (χ2n) is 5.14. The molecule has 0 aromatic carbocycles. The number of alkyl halides is 3. The zero-order valence-electron chi connectivity index (χ0n) is 12.4. The minimum atomic E-state index is -4.52. The molecule has 0 aliphatic carbocycles. The van der Waals surface area contributed by atoms with Gasteiger partial charge >= 0.3 is 11.9 Å². The molecule has 0 saturated carbocycles. The largest absolute Gasteiger partial charge is 0.390 e. The second kappa shape index (κ2) is 5.97. The smallest absolute Gasteiger partial charge is 0.296 e. The van der Waals surface area contributed by atoms with Gasteiger partial charge in [-0.15, -0.1) is 0 Å². The van der Waals surface area contributed by atoms with Crippen molar-refractivity contribution >= 4 is 12.0 Å². The number of likely N-dealkylation sites (N-methyl/N-ethyl adjacent to an activating group) is 1. The molecule has 1 aliphatic heterocycles. The van der Waals surface area contributed by atoms with Gasteiger partial charge in [0.1, 0.15) is 11.6 Å². The lowest BCUT2D eigenvalue weighted by molar-refractivity contribution is -0.137. The third kappa shape index (κ3) is 3.66. The van der Waals surface area contributed by atoms with Gasteiger partial charge in [-0.1, -0.05) is 0 Å². The number of hydrogen-bond donors (Lipinski definition) is 0. The van der Waals surface area contributed by atoms with Crippen LogP contribution in [-0.4, -0.2) is 51.1 Å². The fourth-order valence-electron chi connectivity index (χ4n) is 2.13. The third-order valence-electron chi connectivity index (χ3n) is 3.29. The maximum Gasteiger partial charge on any atom is 0.390 e. The van der Waals surface area contributed by atoms with Crippen molar-refractivity contribution < 1.29 is 18.0 Å². The first kappa shape index (κ1) is 16.9. The average molecular weight is 333 g/mol. The molecule has 23 heavy (non-hydrogen) atoms. The van der Waals surface area contributed by atoms with Crippen LogP contribution in [0.25, 0.3) is 0 Å². The molecule has 0 radical (unpaired) electrons. The van der Waals surface area contributed by atoms with Crippen molar-refractivity contribution in [3.63, 3.8) is 0 Å². The molecular weight excluding hydrogens is 319 g/mol. The average Bonchev–Trinajstić information content (AvgIpc) is 2.42. The first-order chi connectivity index (χ1) is 10.6. The van der Waals surface area contributed by atoms with Gasteiger partial charge in [0.25, 0.3) is 5.56 Å². The van der Waals surface area contributed by atoms with E-state index in [0.717, 1.165) is 4.68 Å². The van der Waals surface area contributed by atoms with Crippen molar-refractivity contribution in [2.45, 2.75) is 25.1 Å². The van der Waals surface area contributed by atoms with Crippen LogP contribution in [0, 0.1) is 0 Å². The second-order valence-corrected chi connectivity index (χ2v) is 5.14. The zero-order valence-corrected chi connectivity index (χ0v) is 12.4. The lowest BCUT2D eigenvalue weighted by Crippen LogP contribution is -2.46. The molecule has 2 heterocycles. The topological polar surface area (TPSA) is 89.6 Å². The van der Waals surface area contributed by atoms with Crippen molar-refractivity contribution in [1.29, 1.82) is 0 Å². The number of aryl methyl sites for hydroxylation is 1. The Morgan fingerprint density at radius 1 is 1.26 bits per heavy atom. The van der Waals surface area contributed by atoms with Crippen LogP contribution in [0.1, 0.15) is 18.0 Å². The highest BCUT2D eigenvalue weighted by atomic mass is 19.4. The van der Waals surface area contributed by atoms with Gasteiger partial charge in [0.15, 0.2) is 5.78 Å². The normalized spacial score (nSPS) is 18.6. The molecule has 0 spiro atoms.